The minimum Gasteiger partial charge on any atom is -0.309 e. The predicted molar refractivity (Wildman–Crippen MR) is 117 cm³/mol. The number of rotatable bonds is 6. The molecule has 152 valence electrons. The van der Waals surface area contributed by atoms with E-state index >= 15 is 0 Å². The van der Waals surface area contributed by atoms with E-state index in [4.69, 9.17) is 11.6 Å². The fourth-order valence-electron chi connectivity index (χ4n) is 3.10. The summed E-state index contributed by atoms with van der Waals surface area (Å²) >= 11 is 5.83. The SMILES string of the molecule is N#Cc1cnn(-c2ccc3ccccc3n2)c1NC(=O)CCC(=O)c1ccc(Cl)cc1. The molecule has 7 nitrogen and oxygen atoms in total. The summed E-state index contributed by atoms with van der Waals surface area (Å²) in [6.07, 6.45) is 1.35. The maximum Gasteiger partial charge on any atom is 0.226 e. The number of halogens is 1. The monoisotopic (exact) mass is 429 g/mol. The van der Waals surface area contributed by atoms with E-state index in [-0.39, 0.29) is 30.0 Å². The first kappa shape index (κ1) is 20.3. The topological polar surface area (TPSA) is 101 Å². The molecule has 1 amide bonds. The van der Waals surface area contributed by atoms with Gasteiger partial charge in [0.15, 0.2) is 17.4 Å². The number of fused-ring (bicyclic) bond motifs is 1. The lowest BCUT2D eigenvalue weighted by molar-refractivity contribution is -0.116. The number of hydrogen-bond acceptors (Lipinski definition) is 5. The van der Waals surface area contributed by atoms with Crippen molar-refractivity contribution in [1.29, 1.82) is 5.26 Å². The summed E-state index contributed by atoms with van der Waals surface area (Å²) < 4.78 is 1.41. The van der Waals surface area contributed by atoms with Crippen LogP contribution in [0, 0.1) is 11.3 Å². The average molecular weight is 430 g/mol. The lowest BCUT2D eigenvalue weighted by atomic mass is 10.1. The van der Waals surface area contributed by atoms with Gasteiger partial charge >= 0.3 is 0 Å². The van der Waals surface area contributed by atoms with Gasteiger partial charge in [-0.15, -0.1) is 0 Å². The molecule has 31 heavy (non-hydrogen) atoms. The first-order chi connectivity index (χ1) is 15.0. The van der Waals surface area contributed by atoms with Crippen molar-refractivity contribution >= 4 is 40.0 Å². The number of ketones is 1. The molecule has 4 aromatic rings. The number of nitriles is 1. The fourth-order valence-corrected chi connectivity index (χ4v) is 3.23. The predicted octanol–water partition coefficient (Wildman–Crippen LogP) is 4.55. The maximum absolute atomic E-state index is 12.5. The highest BCUT2D eigenvalue weighted by Crippen LogP contribution is 2.21. The van der Waals surface area contributed by atoms with E-state index in [1.54, 1.807) is 30.3 Å². The number of anilines is 1. The second-order valence-electron chi connectivity index (χ2n) is 6.77. The zero-order valence-corrected chi connectivity index (χ0v) is 17.0. The highest BCUT2D eigenvalue weighted by Gasteiger charge is 2.17. The van der Waals surface area contributed by atoms with Gasteiger partial charge in [-0.3, -0.25) is 9.59 Å². The highest BCUT2D eigenvalue weighted by atomic mass is 35.5. The standard InChI is InChI=1S/C23H16ClN5O2/c24-18-8-5-16(6-9-18)20(30)10-12-22(31)28-23-17(13-25)14-26-29(23)21-11-7-15-3-1-2-4-19(15)27-21/h1-9,11,14H,10,12H2,(H,28,31). The third-order valence-electron chi connectivity index (χ3n) is 4.69. The second-order valence-corrected chi connectivity index (χ2v) is 7.21. The summed E-state index contributed by atoms with van der Waals surface area (Å²) in [5.74, 6) is 0.111. The Morgan fingerprint density at radius 3 is 2.58 bits per heavy atom. The molecule has 0 aliphatic rings. The van der Waals surface area contributed by atoms with Crippen molar-refractivity contribution in [3.8, 4) is 11.9 Å². The van der Waals surface area contributed by atoms with Crippen LogP contribution in [0.25, 0.3) is 16.7 Å². The van der Waals surface area contributed by atoms with E-state index < -0.39 is 5.91 Å². The number of aromatic nitrogens is 3. The Bertz CT molecular complexity index is 1320. The smallest absolute Gasteiger partial charge is 0.226 e. The summed E-state index contributed by atoms with van der Waals surface area (Å²) in [7, 11) is 0. The van der Waals surface area contributed by atoms with Crippen molar-refractivity contribution in [3.05, 3.63) is 83.0 Å². The van der Waals surface area contributed by atoms with Crippen LogP contribution in [0.1, 0.15) is 28.8 Å². The Balaban J connectivity index is 1.52. The third-order valence-corrected chi connectivity index (χ3v) is 4.95. The zero-order valence-electron chi connectivity index (χ0n) is 16.2. The van der Waals surface area contributed by atoms with E-state index in [9.17, 15) is 14.9 Å². The van der Waals surface area contributed by atoms with Crippen LogP contribution in [0.3, 0.4) is 0 Å². The van der Waals surface area contributed by atoms with E-state index in [0.29, 0.717) is 16.4 Å². The molecule has 0 fully saturated rings. The Kier molecular flexibility index (Phi) is 5.74. The minimum atomic E-state index is -0.402. The Morgan fingerprint density at radius 1 is 1.03 bits per heavy atom. The number of nitrogens with zero attached hydrogens (tertiary/aromatic N) is 4. The Morgan fingerprint density at radius 2 is 1.81 bits per heavy atom. The van der Waals surface area contributed by atoms with Crippen LogP contribution >= 0.6 is 11.6 Å². The van der Waals surface area contributed by atoms with Crippen molar-refractivity contribution in [1.82, 2.24) is 14.8 Å². The average Bonchev–Trinajstić information content (AvgIpc) is 3.20. The number of benzene rings is 2. The van der Waals surface area contributed by atoms with Gasteiger partial charge in [0.2, 0.25) is 5.91 Å². The van der Waals surface area contributed by atoms with Gasteiger partial charge in [-0.2, -0.15) is 15.0 Å². The molecule has 0 aliphatic heterocycles. The van der Waals surface area contributed by atoms with Crippen molar-refractivity contribution in [2.24, 2.45) is 0 Å². The number of amides is 1. The van der Waals surface area contributed by atoms with E-state index in [0.717, 1.165) is 10.9 Å². The summed E-state index contributed by atoms with van der Waals surface area (Å²) in [6, 6.07) is 19.8. The van der Waals surface area contributed by atoms with Crippen LogP contribution in [0.5, 0.6) is 0 Å². The molecule has 1 N–H and O–H groups in total. The van der Waals surface area contributed by atoms with Gasteiger partial charge in [0.1, 0.15) is 11.6 Å². The van der Waals surface area contributed by atoms with Crippen LogP contribution in [0.2, 0.25) is 5.02 Å². The molecule has 2 aromatic heterocycles. The Hall–Kier alpha value is -4.02. The van der Waals surface area contributed by atoms with Gasteiger partial charge in [-0.05, 0) is 42.5 Å². The van der Waals surface area contributed by atoms with Gasteiger partial charge < -0.3 is 5.32 Å². The van der Waals surface area contributed by atoms with Crippen molar-refractivity contribution in [2.45, 2.75) is 12.8 Å². The number of para-hydroxylation sites is 1. The largest absolute Gasteiger partial charge is 0.309 e. The molecule has 0 spiro atoms. The maximum atomic E-state index is 12.5. The fraction of sp³-hybridized carbons (Fsp3) is 0.0870. The van der Waals surface area contributed by atoms with Gasteiger partial charge in [0.25, 0.3) is 0 Å². The number of carbonyl (C=O) groups is 2. The van der Waals surface area contributed by atoms with Gasteiger partial charge in [0, 0.05) is 28.8 Å². The van der Waals surface area contributed by atoms with E-state index in [2.05, 4.69) is 15.4 Å². The molecule has 0 radical (unpaired) electrons. The lowest BCUT2D eigenvalue weighted by Crippen LogP contribution is -2.17. The van der Waals surface area contributed by atoms with Gasteiger partial charge in [0.05, 0.1) is 11.7 Å². The van der Waals surface area contributed by atoms with Crippen molar-refractivity contribution in [2.75, 3.05) is 5.32 Å². The summed E-state index contributed by atoms with van der Waals surface area (Å²) in [5.41, 5.74) is 1.45. The Labute approximate surface area is 182 Å². The molecule has 4 rings (SSSR count). The molecular weight excluding hydrogens is 414 g/mol. The van der Waals surface area contributed by atoms with Gasteiger partial charge in [-0.25, -0.2) is 4.98 Å². The number of nitrogens with one attached hydrogen (secondary N) is 1. The molecule has 2 aromatic carbocycles. The first-order valence-electron chi connectivity index (χ1n) is 9.48. The minimum absolute atomic E-state index is 0.0255. The van der Waals surface area contributed by atoms with Crippen molar-refractivity contribution in [3.63, 3.8) is 0 Å². The molecule has 0 saturated carbocycles. The summed E-state index contributed by atoms with van der Waals surface area (Å²) in [6.45, 7) is 0. The highest BCUT2D eigenvalue weighted by molar-refractivity contribution is 6.30. The summed E-state index contributed by atoms with van der Waals surface area (Å²) in [5, 5.41) is 17.8. The van der Waals surface area contributed by atoms with E-state index in [1.807, 2.05) is 36.4 Å². The lowest BCUT2D eigenvalue weighted by Gasteiger charge is -2.10. The van der Waals surface area contributed by atoms with E-state index in [1.165, 1.54) is 10.9 Å². The molecule has 0 atom stereocenters. The molecule has 8 heteroatoms. The molecule has 0 unspecified atom stereocenters. The van der Waals surface area contributed by atoms with Crippen LogP contribution < -0.4 is 5.32 Å². The molecule has 0 saturated heterocycles. The molecule has 2 heterocycles. The molecular formula is C23H16ClN5O2. The molecule has 0 aliphatic carbocycles. The van der Waals surface area contributed by atoms with Crippen molar-refractivity contribution < 1.29 is 9.59 Å². The number of hydrogen-bond donors (Lipinski definition) is 1. The number of carbonyl (C=O) groups excluding carboxylic acids is 2. The van der Waals surface area contributed by atoms with Crippen LogP contribution in [-0.2, 0) is 4.79 Å². The summed E-state index contributed by atoms with van der Waals surface area (Å²) in [4.78, 5) is 29.4. The molecule has 0 bridgehead atoms. The number of pyridine rings is 1. The van der Waals surface area contributed by atoms with Crippen LogP contribution in [-0.4, -0.2) is 26.5 Å². The normalized spacial score (nSPS) is 10.6. The van der Waals surface area contributed by atoms with Gasteiger partial charge in [-0.1, -0.05) is 29.8 Å². The quantitative estimate of drug-likeness (QED) is 0.453. The first-order valence-corrected chi connectivity index (χ1v) is 9.86. The third kappa shape index (κ3) is 4.44. The van der Waals surface area contributed by atoms with Crippen LogP contribution in [0.4, 0.5) is 5.82 Å². The second kappa shape index (κ2) is 8.78. The zero-order chi connectivity index (χ0) is 21.8. The number of Topliss-reactive ketones (excluding diaryl/α,β-unsaturated/α-hetero) is 1. The van der Waals surface area contributed by atoms with Crippen LogP contribution in [0.15, 0.2) is 66.9 Å².